The molecule has 1 amide bonds. The van der Waals surface area contributed by atoms with Gasteiger partial charge in [0, 0.05) is 32.7 Å². The summed E-state index contributed by atoms with van der Waals surface area (Å²) >= 11 is 0. The van der Waals surface area contributed by atoms with E-state index in [0.29, 0.717) is 26.1 Å². The standard InChI is InChI=1S/C20H31N3O4/c1-4-15-17-16(23(22-15)8-5-9-27-19(25)14(2)3)12-20(13-21-18(17)24)6-10-26-11-7-20/h14H,4-13H2,1-3H3,(H,21,24). The van der Waals surface area contributed by atoms with Gasteiger partial charge in [-0.25, -0.2) is 0 Å². The first-order valence-corrected chi connectivity index (χ1v) is 10.1. The van der Waals surface area contributed by atoms with E-state index in [2.05, 4.69) is 5.32 Å². The summed E-state index contributed by atoms with van der Waals surface area (Å²) in [5.41, 5.74) is 2.68. The first-order valence-electron chi connectivity index (χ1n) is 10.1. The number of amides is 1. The fourth-order valence-corrected chi connectivity index (χ4v) is 3.91. The molecule has 1 fully saturated rings. The molecule has 7 nitrogen and oxygen atoms in total. The molecule has 2 aliphatic heterocycles. The highest BCUT2D eigenvalue weighted by Crippen LogP contribution is 2.37. The molecule has 1 aromatic rings. The average molecular weight is 377 g/mol. The van der Waals surface area contributed by atoms with Gasteiger partial charge in [0.25, 0.3) is 5.91 Å². The van der Waals surface area contributed by atoms with E-state index in [9.17, 15) is 9.59 Å². The van der Waals surface area contributed by atoms with Crippen molar-refractivity contribution in [1.29, 1.82) is 0 Å². The molecule has 0 atom stereocenters. The van der Waals surface area contributed by atoms with E-state index in [0.717, 1.165) is 55.8 Å². The Morgan fingerprint density at radius 2 is 2.11 bits per heavy atom. The smallest absolute Gasteiger partial charge is 0.308 e. The summed E-state index contributed by atoms with van der Waals surface area (Å²) in [6, 6.07) is 0. The summed E-state index contributed by atoms with van der Waals surface area (Å²) in [4.78, 5) is 24.4. The molecule has 1 saturated heterocycles. The van der Waals surface area contributed by atoms with Gasteiger partial charge >= 0.3 is 5.97 Å². The van der Waals surface area contributed by atoms with Crippen molar-refractivity contribution in [3.05, 3.63) is 17.0 Å². The maximum Gasteiger partial charge on any atom is 0.308 e. The molecule has 0 unspecified atom stereocenters. The summed E-state index contributed by atoms with van der Waals surface area (Å²) in [6.45, 7) is 8.88. The van der Waals surface area contributed by atoms with Gasteiger partial charge in [0.15, 0.2) is 0 Å². The van der Waals surface area contributed by atoms with Crippen LogP contribution in [-0.2, 0) is 33.7 Å². The molecule has 1 N–H and O–H groups in total. The normalized spacial score (nSPS) is 18.9. The highest BCUT2D eigenvalue weighted by molar-refractivity contribution is 5.97. The zero-order valence-corrected chi connectivity index (χ0v) is 16.7. The van der Waals surface area contributed by atoms with Crippen molar-refractivity contribution in [3.8, 4) is 0 Å². The predicted octanol–water partition coefficient (Wildman–Crippen LogP) is 2.12. The molecular formula is C20H31N3O4. The molecule has 2 aliphatic rings. The number of carbonyl (C=O) groups is 2. The number of carbonyl (C=O) groups excluding carboxylic acids is 2. The Morgan fingerprint density at radius 1 is 1.37 bits per heavy atom. The van der Waals surface area contributed by atoms with E-state index < -0.39 is 0 Å². The lowest BCUT2D eigenvalue weighted by Crippen LogP contribution is -2.40. The Balaban J connectivity index is 1.77. The Hall–Kier alpha value is -1.89. The van der Waals surface area contributed by atoms with Crippen molar-refractivity contribution in [1.82, 2.24) is 15.1 Å². The van der Waals surface area contributed by atoms with E-state index in [1.807, 2.05) is 25.5 Å². The van der Waals surface area contributed by atoms with Gasteiger partial charge in [0.2, 0.25) is 0 Å². The highest BCUT2D eigenvalue weighted by Gasteiger charge is 2.39. The molecule has 3 heterocycles. The first-order chi connectivity index (χ1) is 13.0. The van der Waals surface area contributed by atoms with E-state index in [1.54, 1.807) is 0 Å². The zero-order chi connectivity index (χ0) is 19.4. The maximum atomic E-state index is 12.8. The minimum absolute atomic E-state index is 0.0114. The Morgan fingerprint density at radius 3 is 2.78 bits per heavy atom. The summed E-state index contributed by atoms with van der Waals surface area (Å²) in [5, 5.41) is 7.84. The fourth-order valence-electron chi connectivity index (χ4n) is 3.91. The van der Waals surface area contributed by atoms with Gasteiger partial charge in [-0.15, -0.1) is 0 Å². The van der Waals surface area contributed by atoms with E-state index in [-0.39, 0.29) is 23.2 Å². The molecule has 0 bridgehead atoms. The largest absolute Gasteiger partial charge is 0.465 e. The van der Waals surface area contributed by atoms with E-state index in [1.165, 1.54) is 0 Å². The lowest BCUT2D eigenvalue weighted by molar-refractivity contribution is -0.147. The summed E-state index contributed by atoms with van der Waals surface area (Å²) < 4.78 is 12.8. The maximum absolute atomic E-state index is 12.8. The monoisotopic (exact) mass is 377 g/mol. The van der Waals surface area contributed by atoms with Gasteiger partial charge in [0.05, 0.1) is 29.5 Å². The number of hydrogen-bond donors (Lipinski definition) is 1. The van der Waals surface area contributed by atoms with Crippen LogP contribution in [0.25, 0.3) is 0 Å². The second-order valence-corrected chi connectivity index (χ2v) is 7.99. The summed E-state index contributed by atoms with van der Waals surface area (Å²) in [6.07, 6.45) is 4.15. The number of aromatic nitrogens is 2. The topological polar surface area (TPSA) is 82.5 Å². The summed E-state index contributed by atoms with van der Waals surface area (Å²) in [7, 11) is 0. The van der Waals surface area contributed by atoms with Crippen LogP contribution < -0.4 is 5.32 Å². The number of nitrogens with one attached hydrogen (secondary N) is 1. The minimum Gasteiger partial charge on any atom is -0.465 e. The van der Waals surface area contributed by atoms with Crippen LogP contribution in [0, 0.1) is 11.3 Å². The molecule has 3 rings (SSSR count). The number of rotatable bonds is 6. The lowest BCUT2D eigenvalue weighted by atomic mass is 9.76. The van der Waals surface area contributed by atoms with Crippen molar-refractivity contribution in [2.24, 2.45) is 11.3 Å². The molecule has 1 aromatic heterocycles. The van der Waals surface area contributed by atoms with Gasteiger partial charge in [-0.1, -0.05) is 20.8 Å². The van der Waals surface area contributed by atoms with E-state index >= 15 is 0 Å². The Kier molecular flexibility index (Phi) is 6.19. The van der Waals surface area contributed by atoms with Crippen LogP contribution in [0.15, 0.2) is 0 Å². The van der Waals surface area contributed by atoms with Crippen molar-refractivity contribution in [3.63, 3.8) is 0 Å². The third-order valence-corrected chi connectivity index (χ3v) is 5.64. The van der Waals surface area contributed by atoms with Gasteiger partial charge < -0.3 is 14.8 Å². The third kappa shape index (κ3) is 4.34. The number of esters is 1. The predicted molar refractivity (Wildman–Crippen MR) is 101 cm³/mol. The minimum atomic E-state index is -0.177. The number of aryl methyl sites for hydroxylation is 2. The van der Waals surface area contributed by atoms with Crippen molar-refractivity contribution < 1.29 is 19.1 Å². The second kappa shape index (κ2) is 8.42. The second-order valence-electron chi connectivity index (χ2n) is 7.99. The molecule has 150 valence electrons. The van der Waals surface area contributed by atoms with Crippen LogP contribution in [-0.4, -0.2) is 48.0 Å². The van der Waals surface area contributed by atoms with Gasteiger partial charge in [-0.05, 0) is 31.1 Å². The third-order valence-electron chi connectivity index (χ3n) is 5.64. The molecular weight excluding hydrogens is 346 g/mol. The zero-order valence-electron chi connectivity index (χ0n) is 16.7. The first kappa shape index (κ1) is 19.9. The fraction of sp³-hybridized carbons (Fsp3) is 0.750. The average Bonchev–Trinajstić information content (AvgIpc) is 2.94. The molecule has 7 heteroatoms. The Labute approximate surface area is 160 Å². The van der Waals surface area contributed by atoms with Crippen molar-refractivity contribution in [2.45, 2.75) is 59.4 Å². The van der Waals surface area contributed by atoms with Gasteiger partial charge in [-0.2, -0.15) is 5.10 Å². The van der Waals surface area contributed by atoms with Crippen LogP contribution >= 0.6 is 0 Å². The van der Waals surface area contributed by atoms with Crippen molar-refractivity contribution >= 4 is 11.9 Å². The van der Waals surface area contributed by atoms with Crippen LogP contribution in [0.3, 0.4) is 0 Å². The number of ether oxygens (including phenoxy) is 2. The number of nitrogens with zero attached hydrogens (tertiary/aromatic N) is 2. The molecule has 0 aliphatic carbocycles. The van der Waals surface area contributed by atoms with Crippen LogP contribution in [0.4, 0.5) is 0 Å². The number of hydrogen-bond acceptors (Lipinski definition) is 5. The Bertz CT molecular complexity index is 690. The SMILES string of the molecule is CCc1nn(CCCOC(=O)C(C)C)c2c1C(=O)NCC1(CCOCC1)C2. The molecule has 0 aromatic carbocycles. The van der Waals surface area contributed by atoms with Crippen LogP contribution in [0.2, 0.25) is 0 Å². The van der Waals surface area contributed by atoms with Gasteiger partial charge in [0.1, 0.15) is 0 Å². The van der Waals surface area contributed by atoms with Crippen LogP contribution in [0.5, 0.6) is 0 Å². The molecule has 0 radical (unpaired) electrons. The van der Waals surface area contributed by atoms with Crippen molar-refractivity contribution in [2.75, 3.05) is 26.4 Å². The van der Waals surface area contributed by atoms with Crippen LogP contribution in [0.1, 0.15) is 61.8 Å². The highest BCUT2D eigenvalue weighted by atomic mass is 16.5. The lowest BCUT2D eigenvalue weighted by Gasteiger charge is -2.36. The molecule has 1 spiro atoms. The summed E-state index contributed by atoms with van der Waals surface area (Å²) in [5.74, 6) is -0.304. The van der Waals surface area contributed by atoms with E-state index in [4.69, 9.17) is 14.6 Å². The molecule has 27 heavy (non-hydrogen) atoms. The quantitative estimate of drug-likeness (QED) is 0.606. The number of fused-ring (bicyclic) bond motifs is 1. The molecule has 0 saturated carbocycles. The van der Waals surface area contributed by atoms with Gasteiger partial charge in [-0.3, -0.25) is 14.3 Å².